The van der Waals surface area contributed by atoms with Gasteiger partial charge in [0, 0.05) is 19.6 Å². The average Bonchev–Trinajstić information content (AvgIpc) is 2.41. The molecule has 0 aliphatic rings. The van der Waals surface area contributed by atoms with E-state index in [0.29, 0.717) is 0 Å². The highest BCUT2D eigenvalue weighted by Crippen LogP contribution is 2.06. The van der Waals surface area contributed by atoms with Crippen LogP contribution in [0.4, 0.5) is 0 Å². The number of nitrogens with zero attached hydrogens (tertiary/aromatic N) is 2. The molecule has 0 saturated carbocycles. The lowest BCUT2D eigenvalue weighted by molar-refractivity contribution is 0.126. The molecule has 0 radical (unpaired) electrons. The van der Waals surface area contributed by atoms with Crippen molar-refractivity contribution in [2.75, 3.05) is 54.0 Å². The molecular formula is C17H32N2O. The minimum atomic E-state index is 0.724. The summed E-state index contributed by atoms with van der Waals surface area (Å²) in [5.74, 6) is 0. The molecule has 0 aromatic rings. The van der Waals surface area contributed by atoms with E-state index in [0.717, 1.165) is 51.3 Å². The van der Waals surface area contributed by atoms with Crippen molar-refractivity contribution >= 4 is 0 Å². The Balaban J connectivity index is 3.60. The Morgan fingerprint density at radius 2 is 1.85 bits per heavy atom. The Labute approximate surface area is 125 Å². The summed E-state index contributed by atoms with van der Waals surface area (Å²) in [4.78, 5) is 4.49. The van der Waals surface area contributed by atoms with E-state index in [1.54, 1.807) is 0 Å². The van der Waals surface area contributed by atoms with E-state index >= 15 is 0 Å². The summed E-state index contributed by atoms with van der Waals surface area (Å²) in [5, 5.41) is 0. The summed E-state index contributed by atoms with van der Waals surface area (Å²) in [6.07, 6.45) is 6.05. The van der Waals surface area contributed by atoms with Gasteiger partial charge in [0.2, 0.25) is 0 Å². The fourth-order valence-corrected chi connectivity index (χ4v) is 1.60. The zero-order chi connectivity index (χ0) is 15.4. The molecular weight excluding hydrogens is 248 g/mol. The van der Waals surface area contributed by atoms with E-state index in [1.807, 2.05) is 6.08 Å². The molecule has 0 amide bonds. The van der Waals surface area contributed by atoms with Gasteiger partial charge in [0.1, 0.15) is 0 Å². The lowest BCUT2D eigenvalue weighted by Gasteiger charge is -2.19. The molecule has 0 heterocycles. The summed E-state index contributed by atoms with van der Waals surface area (Å²) in [7, 11) is 6.33. The molecule has 0 spiro atoms. The highest BCUT2D eigenvalue weighted by atomic mass is 16.5. The third kappa shape index (κ3) is 12.2. The molecule has 0 bridgehead atoms. The van der Waals surface area contributed by atoms with E-state index in [2.05, 4.69) is 57.1 Å². The highest BCUT2D eigenvalue weighted by Gasteiger charge is 1.99. The van der Waals surface area contributed by atoms with Crippen LogP contribution >= 0.6 is 0 Å². The van der Waals surface area contributed by atoms with E-state index in [9.17, 15) is 0 Å². The molecule has 0 aliphatic heterocycles. The molecule has 20 heavy (non-hydrogen) atoms. The smallest absolute Gasteiger partial charge is 0.0674 e. The van der Waals surface area contributed by atoms with Crippen LogP contribution < -0.4 is 0 Å². The molecule has 0 aromatic heterocycles. The lowest BCUT2D eigenvalue weighted by atomic mass is 10.1. The fraction of sp³-hybridized carbons (Fsp3) is 0.647. The van der Waals surface area contributed by atoms with Gasteiger partial charge in [-0.1, -0.05) is 36.5 Å². The zero-order valence-corrected chi connectivity index (χ0v) is 13.8. The maximum atomic E-state index is 5.69. The van der Waals surface area contributed by atoms with Gasteiger partial charge in [-0.2, -0.15) is 0 Å². The topological polar surface area (TPSA) is 15.7 Å². The van der Waals surface area contributed by atoms with Gasteiger partial charge in [0.05, 0.1) is 13.2 Å². The predicted molar refractivity (Wildman–Crippen MR) is 89.2 cm³/mol. The van der Waals surface area contributed by atoms with Crippen molar-refractivity contribution in [2.24, 2.45) is 0 Å². The van der Waals surface area contributed by atoms with Crippen LogP contribution in [0.15, 0.2) is 36.5 Å². The highest BCUT2D eigenvalue weighted by molar-refractivity contribution is 5.12. The minimum Gasteiger partial charge on any atom is -0.376 e. The van der Waals surface area contributed by atoms with Gasteiger partial charge >= 0.3 is 0 Å². The molecule has 3 heteroatoms. The van der Waals surface area contributed by atoms with Crippen LogP contribution in [0.25, 0.3) is 0 Å². The third-order valence-corrected chi connectivity index (χ3v) is 3.12. The van der Waals surface area contributed by atoms with Crippen LogP contribution in [0.3, 0.4) is 0 Å². The molecule has 0 unspecified atom stereocenters. The number of likely N-dealkylation sites (N-methyl/N-ethyl adjacent to an activating group) is 2. The van der Waals surface area contributed by atoms with E-state index < -0.39 is 0 Å². The van der Waals surface area contributed by atoms with Gasteiger partial charge in [-0.15, -0.1) is 0 Å². The molecule has 0 atom stereocenters. The number of rotatable bonds is 12. The molecule has 0 fully saturated rings. The van der Waals surface area contributed by atoms with Crippen molar-refractivity contribution in [3.05, 3.63) is 36.5 Å². The van der Waals surface area contributed by atoms with Crippen molar-refractivity contribution in [3.8, 4) is 0 Å². The number of ether oxygens (including phenoxy) is 1. The van der Waals surface area contributed by atoms with Gasteiger partial charge < -0.3 is 14.5 Å². The first kappa shape index (κ1) is 19.1. The Bertz CT molecular complexity index is 308. The fourth-order valence-electron chi connectivity index (χ4n) is 1.60. The van der Waals surface area contributed by atoms with E-state index in [-0.39, 0.29) is 0 Å². The number of hydrogen-bond donors (Lipinski definition) is 0. The van der Waals surface area contributed by atoms with Crippen molar-refractivity contribution < 1.29 is 4.74 Å². The van der Waals surface area contributed by atoms with Crippen LogP contribution in [0, 0.1) is 0 Å². The lowest BCUT2D eigenvalue weighted by Crippen LogP contribution is -2.31. The molecule has 0 aromatic carbocycles. The molecule has 3 nitrogen and oxygen atoms in total. The molecule has 0 rings (SSSR count). The van der Waals surface area contributed by atoms with Crippen molar-refractivity contribution in [2.45, 2.75) is 19.8 Å². The van der Waals surface area contributed by atoms with Crippen LogP contribution in [-0.4, -0.2) is 63.8 Å². The van der Waals surface area contributed by atoms with Crippen LogP contribution in [0.2, 0.25) is 0 Å². The van der Waals surface area contributed by atoms with Crippen molar-refractivity contribution in [3.63, 3.8) is 0 Å². The average molecular weight is 280 g/mol. The van der Waals surface area contributed by atoms with Gasteiger partial charge in [-0.05, 0) is 40.9 Å². The number of hydrogen-bond acceptors (Lipinski definition) is 3. The van der Waals surface area contributed by atoms with Gasteiger partial charge in [-0.3, -0.25) is 0 Å². The molecule has 0 saturated heterocycles. The van der Waals surface area contributed by atoms with Crippen molar-refractivity contribution in [1.29, 1.82) is 0 Å². The summed E-state index contributed by atoms with van der Waals surface area (Å²) in [6.45, 7) is 14.4. The first-order valence-corrected chi connectivity index (χ1v) is 7.32. The standard InChI is InChI=1S/C17H32N2O/c1-7-16(2)9-8-10-17(3)15-20-14-13-19(6)12-11-18(4)5/h7,10H,1-2,8-9,11-15H2,3-6H3/b17-10-. The van der Waals surface area contributed by atoms with Gasteiger partial charge in [-0.25, -0.2) is 0 Å². The molecule has 0 N–H and O–H groups in total. The van der Waals surface area contributed by atoms with E-state index in [4.69, 9.17) is 4.74 Å². The largest absolute Gasteiger partial charge is 0.376 e. The third-order valence-electron chi connectivity index (χ3n) is 3.12. The summed E-state index contributed by atoms with van der Waals surface area (Å²) < 4.78 is 5.69. The van der Waals surface area contributed by atoms with Crippen molar-refractivity contribution in [1.82, 2.24) is 9.80 Å². The summed E-state index contributed by atoms with van der Waals surface area (Å²) in [6, 6.07) is 0. The Hall–Kier alpha value is -0.900. The summed E-state index contributed by atoms with van der Waals surface area (Å²) >= 11 is 0. The van der Waals surface area contributed by atoms with Gasteiger partial charge in [0.15, 0.2) is 0 Å². The SMILES string of the molecule is C=CC(=C)CC/C=C(/C)COCCN(C)CCN(C)C. The second-order valence-corrected chi connectivity index (χ2v) is 5.61. The normalized spacial score (nSPS) is 12.2. The predicted octanol–water partition coefficient (Wildman–Crippen LogP) is 2.97. The second-order valence-electron chi connectivity index (χ2n) is 5.61. The second kappa shape index (κ2) is 11.9. The monoisotopic (exact) mass is 280 g/mol. The maximum Gasteiger partial charge on any atom is 0.0674 e. The first-order chi connectivity index (χ1) is 9.45. The quantitative estimate of drug-likeness (QED) is 0.310. The molecule has 0 aliphatic carbocycles. The van der Waals surface area contributed by atoms with Crippen LogP contribution in [-0.2, 0) is 4.74 Å². The Morgan fingerprint density at radius 3 is 2.45 bits per heavy atom. The zero-order valence-electron chi connectivity index (χ0n) is 13.8. The number of allylic oxidation sites excluding steroid dienone is 3. The maximum absolute atomic E-state index is 5.69. The Kier molecular flexibility index (Phi) is 11.4. The van der Waals surface area contributed by atoms with Gasteiger partial charge in [0.25, 0.3) is 0 Å². The summed E-state index contributed by atoms with van der Waals surface area (Å²) in [5.41, 5.74) is 2.38. The Morgan fingerprint density at radius 1 is 1.15 bits per heavy atom. The van der Waals surface area contributed by atoms with Crippen LogP contribution in [0.1, 0.15) is 19.8 Å². The molecule has 116 valence electrons. The van der Waals surface area contributed by atoms with Crippen LogP contribution in [0.5, 0.6) is 0 Å². The minimum absolute atomic E-state index is 0.724. The van der Waals surface area contributed by atoms with E-state index in [1.165, 1.54) is 5.57 Å². The first-order valence-electron chi connectivity index (χ1n) is 7.32.